The van der Waals surface area contributed by atoms with E-state index >= 15 is 0 Å². The van der Waals surface area contributed by atoms with Crippen LogP contribution in [-0.4, -0.2) is 39.4 Å². The Morgan fingerprint density at radius 3 is 3.00 bits per heavy atom. The molecule has 0 aromatic carbocycles. The number of carbonyl (C=O) groups is 2. The summed E-state index contributed by atoms with van der Waals surface area (Å²) in [4.78, 5) is 25.1. The second-order valence-corrected chi connectivity index (χ2v) is 2.79. The van der Waals surface area contributed by atoms with Gasteiger partial charge in [-0.1, -0.05) is 12.7 Å². The van der Waals surface area contributed by atoms with Gasteiger partial charge in [0.2, 0.25) is 5.84 Å². The fourth-order valence-electron chi connectivity index (χ4n) is 0.843. The number of carbonyl (C=O) groups excluding carboxylic acids is 1. The smallest absolute Gasteiger partial charge is 0.435 e. The molecule has 1 aromatic rings. The first-order valence-corrected chi connectivity index (χ1v) is 4.45. The van der Waals surface area contributed by atoms with Gasteiger partial charge in [0.1, 0.15) is 6.61 Å². The van der Waals surface area contributed by atoms with E-state index in [0.717, 1.165) is 4.68 Å². The van der Waals surface area contributed by atoms with E-state index < -0.39 is 17.9 Å². The SMILES string of the molecule is C=CCOC(=O)n1ccc(N=C(N)C(=O)O)n1. The molecule has 0 aliphatic heterocycles. The van der Waals surface area contributed by atoms with E-state index in [4.69, 9.17) is 15.6 Å². The number of amidine groups is 1. The molecule has 0 saturated carbocycles. The molecule has 8 heteroatoms. The van der Waals surface area contributed by atoms with Gasteiger partial charge in [0.05, 0.1) is 0 Å². The lowest BCUT2D eigenvalue weighted by Gasteiger charge is -1.99. The molecule has 0 fully saturated rings. The quantitative estimate of drug-likeness (QED) is 0.438. The van der Waals surface area contributed by atoms with Crippen LogP contribution < -0.4 is 5.73 Å². The fraction of sp³-hybridized carbons (Fsp3) is 0.111. The normalized spacial score (nSPS) is 10.9. The van der Waals surface area contributed by atoms with Crippen LogP contribution in [0.1, 0.15) is 0 Å². The van der Waals surface area contributed by atoms with Crippen LogP contribution >= 0.6 is 0 Å². The number of rotatable bonds is 3. The zero-order valence-electron chi connectivity index (χ0n) is 8.74. The molecule has 0 radical (unpaired) electrons. The molecule has 1 heterocycles. The summed E-state index contributed by atoms with van der Waals surface area (Å²) in [6.07, 6.45) is 1.96. The van der Waals surface area contributed by atoms with Crippen molar-refractivity contribution < 1.29 is 19.4 Å². The van der Waals surface area contributed by atoms with Gasteiger partial charge in [-0.05, 0) is 0 Å². The summed E-state index contributed by atoms with van der Waals surface area (Å²) in [5, 5.41) is 12.1. The Morgan fingerprint density at radius 2 is 2.41 bits per heavy atom. The molecule has 0 aliphatic rings. The number of carboxylic acids is 1. The summed E-state index contributed by atoms with van der Waals surface area (Å²) < 4.78 is 5.56. The van der Waals surface area contributed by atoms with Crippen molar-refractivity contribution in [1.82, 2.24) is 9.78 Å². The molecule has 1 aromatic heterocycles. The summed E-state index contributed by atoms with van der Waals surface area (Å²) >= 11 is 0. The van der Waals surface area contributed by atoms with E-state index in [1.165, 1.54) is 18.3 Å². The van der Waals surface area contributed by atoms with E-state index in [2.05, 4.69) is 16.7 Å². The standard InChI is InChI=1S/C9H10N4O4/c1-2-5-17-9(16)13-4-3-6(12-13)11-7(10)8(14)15/h2-4H,1,5H2,(H,14,15)(H2,10,11,12). The monoisotopic (exact) mass is 238 g/mol. The van der Waals surface area contributed by atoms with E-state index in [1.54, 1.807) is 0 Å². The number of carboxylic acid groups (broad SMARTS) is 1. The van der Waals surface area contributed by atoms with Crippen molar-refractivity contribution in [2.45, 2.75) is 0 Å². The molecule has 8 nitrogen and oxygen atoms in total. The Labute approximate surface area is 96.0 Å². The second-order valence-electron chi connectivity index (χ2n) is 2.79. The van der Waals surface area contributed by atoms with E-state index in [-0.39, 0.29) is 12.4 Å². The van der Waals surface area contributed by atoms with Crippen molar-refractivity contribution in [3.63, 3.8) is 0 Å². The van der Waals surface area contributed by atoms with Crippen LogP contribution in [0.3, 0.4) is 0 Å². The molecule has 1 rings (SSSR count). The predicted octanol–water partition coefficient (Wildman–Crippen LogP) is 0.127. The van der Waals surface area contributed by atoms with Gasteiger partial charge in [-0.2, -0.15) is 4.68 Å². The van der Waals surface area contributed by atoms with Crippen LogP contribution in [0.25, 0.3) is 0 Å². The first kappa shape index (κ1) is 12.4. The maximum atomic E-state index is 11.3. The number of hydrogen-bond donors (Lipinski definition) is 2. The zero-order chi connectivity index (χ0) is 12.8. The van der Waals surface area contributed by atoms with Gasteiger partial charge in [0.15, 0.2) is 5.82 Å². The molecule has 90 valence electrons. The highest BCUT2D eigenvalue weighted by molar-refractivity contribution is 6.34. The van der Waals surface area contributed by atoms with Crippen LogP contribution in [-0.2, 0) is 9.53 Å². The molecule has 0 atom stereocenters. The summed E-state index contributed by atoms with van der Waals surface area (Å²) in [5.74, 6) is -1.98. The predicted molar refractivity (Wildman–Crippen MR) is 58.1 cm³/mol. The molecular formula is C9H10N4O4. The summed E-state index contributed by atoms with van der Waals surface area (Å²) in [6, 6.07) is 1.32. The maximum absolute atomic E-state index is 11.3. The topological polar surface area (TPSA) is 120 Å². The highest BCUT2D eigenvalue weighted by atomic mass is 16.6. The average Bonchev–Trinajstić information content (AvgIpc) is 2.74. The van der Waals surface area contributed by atoms with Gasteiger partial charge >= 0.3 is 12.1 Å². The van der Waals surface area contributed by atoms with Crippen LogP contribution in [0.4, 0.5) is 10.6 Å². The van der Waals surface area contributed by atoms with Crippen molar-refractivity contribution in [1.29, 1.82) is 0 Å². The lowest BCUT2D eigenvalue weighted by molar-refractivity contribution is -0.129. The third-order valence-corrected chi connectivity index (χ3v) is 1.54. The van der Waals surface area contributed by atoms with E-state index in [1.807, 2.05) is 0 Å². The number of nitrogens with two attached hydrogens (primary N) is 1. The van der Waals surface area contributed by atoms with Crippen LogP contribution in [0.5, 0.6) is 0 Å². The van der Waals surface area contributed by atoms with Gasteiger partial charge in [0.25, 0.3) is 0 Å². The minimum atomic E-state index is -1.37. The maximum Gasteiger partial charge on any atom is 0.435 e. The van der Waals surface area contributed by atoms with Crippen molar-refractivity contribution in [3.8, 4) is 0 Å². The fourth-order valence-corrected chi connectivity index (χ4v) is 0.843. The van der Waals surface area contributed by atoms with Crippen molar-refractivity contribution in [2.24, 2.45) is 10.7 Å². The summed E-state index contributed by atoms with van der Waals surface area (Å²) in [7, 11) is 0. The molecule has 0 unspecified atom stereocenters. The van der Waals surface area contributed by atoms with Crippen LogP contribution in [0, 0.1) is 0 Å². The van der Waals surface area contributed by atoms with E-state index in [9.17, 15) is 9.59 Å². The molecule has 0 saturated heterocycles. The Morgan fingerprint density at radius 1 is 1.71 bits per heavy atom. The molecule has 0 amide bonds. The Hall–Kier alpha value is -2.64. The largest absolute Gasteiger partial charge is 0.475 e. The molecule has 17 heavy (non-hydrogen) atoms. The number of aromatic nitrogens is 2. The zero-order valence-corrected chi connectivity index (χ0v) is 8.74. The third-order valence-electron chi connectivity index (χ3n) is 1.54. The highest BCUT2D eigenvalue weighted by Gasteiger charge is 2.09. The summed E-state index contributed by atoms with van der Waals surface area (Å²) in [6.45, 7) is 3.43. The van der Waals surface area contributed by atoms with Crippen LogP contribution in [0.2, 0.25) is 0 Å². The number of hydrogen-bond acceptors (Lipinski definition) is 5. The van der Waals surface area contributed by atoms with Crippen LogP contribution in [0.15, 0.2) is 29.9 Å². The molecule has 0 spiro atoms. The second kappa shape index (κ2) is 5.45. The van der Waals surface area contributed by atoms with Gasteiger partial charge in [-0.3, -0.25) is 0 Å². The minimum absolute atomic E-state index is 0.000420. The Kier molecular flexibility index (Phi) is 3.98. The third kappa shape index (κ3) is 3.45. The lowest BCUT2D eigenvalue weighted by Crippen LogP contribution is -2.22. The van der Waals surface area contributed by atoms with Gasteiger partial charge in [0, 0.05) is 12.3 Å². The average molecular weight is 238 g/mol. The molecule has 0 bridgehead atoms. The number of nitrogens with zero attached hydrogens (tertiary/aromatic N) is 3. The lowest BCUT2D eigenvalue weighted by atomic mass is 10.6. The molecule has 0 aliphatic carbocycles. The Balaban J connectivity index is 2.78. The Bertz CT molecular complexity index is 477. The molecule has 3 N–H and O–H groups in total. The molecular weight excluding hydrogens is 228 g/mol. The van der Waals surface area contributed by atoms with Crippen molar-refractivity contribution in [2.75, 3.05) is 6.61 Å². The van der Waals surface area contributed by atoms with Crippen molar-refractivity contribution in [3.05, 3.63) is 24.9 Å². The van der Waals surface area contributed by atoms with Crippen molar-refractivity contribution >= 4 is 23.7 Å². The first-order valence-electron chi connectivity index (χ1n) is 4.45. The highest BCUT2D eigenvalue weighted by Crippen LogP contribution is 2.07. The minimum Gasteiger partial charge on any atom is -0.475 e. The first-order chi connectivity index (χ1) is 8.04. The summed E-state index contributed by atoms with van der Waals surface area (Å²) in [5.41, 5.74) is 5.09. The van der Waals surface area contributed by atoms with Gasteiger partial charge in [-0.25, -0.2) is 14.6 Å². The number of aliphatic imine (C=N–C) groups is 1. The number of ether oxygens (including phenoxy) is 1. The van der Waals surface area contributed by atoms with Gasteiger partial charge in [-0.15, -0.1) is 5.10 Å². The van der Waals surface area contributed by atoms with E-state index in [0.29, 0.717) is 0 Å². The number of aliphatic carboxylic acids is 1. The van der Waals surface area contributed by atoms with Gasteiger partial charge < -0.3 is 15.6 Å².